The summed E-state index contributed by atoms with van der Waals surface area (Å²) in [7, 11) is 0. The highest BCUT2D eigenvalue weighted by atomic mass is 35.5. The molecule has 7 heteroatoms. The first-order valence-electron chi connectivity index (χ1n) is 5.03. The zero-order valence-corrected chi connectivity index (χ0v) is 10.7. The minimum absolute atomic E-state index is 0.0454. The summed E-state index contributed by atoms with van der Waals surface area (Å²) in [5.41, 5.74) is 0.315. The molecule has 0 saturated heterocycles. The number of H-pyrrole nitrogens is 1. The number of nitro benzene ring substituents is 1. The number of hydrogen-bond acceptors (Lipinski definition) is 4. The molecular formula is C11H8ClN3O2S. The molecule has 1 heterocycles. The molecule has 2 rings (SSSR count). The number of hydrogen-bond donors (Lipinski definition) is 1. The van der Waals surface area contributed by atoms with Crippen LogP contribution in [-0.2, 0) is 6.42 Å². The molecule has 0 radical (unpaired) electrons. The Labute approximate surface area is 113 Å². The van der Waals surface area contributed by atoms with E-state index < -0.39 is 4.92 Å². The number of aromatic nitrogens is 2. The molecule has 0 aliphatic carbocycles. The SMILES string of the molecule is O=[N+]([O-])c1ccc(Cl)cc1C(=S)Cc1ncc[nH]1. The van der Waals surface area contributed by atoms with Gasteiger partial charge in [0.15, 0.2) is 0 Å². The van der Waals surface area contributed by atoms with Crippen molar-refractivity contribution in [3.8, 4) is 0 Å². The molecule has 18 heavy (non-hydrogen) atoms. The van der Waals surface area contributed by atoms with Gasteiger partial charge >= 0.3 is 0 Å². The van der Waals surface area contributed by atoms with E-state index in [4.69, 9.17) is 23.8 Å². The van der Waals surface area contributed by atoms with Gasteiger partial charge in [0, 0.05) is 34.8 Å². The third-order valence-electron chi connectivity index (χ3n) is 2.34. The zero-order valence-electron chi connectivity index (χ0n) is 9.09. The third kappa shape index (κ3) is 2.72. The molecule has 0 aliphatic heterocycles. The van der Waals surface area contributed by atoms with E-state index in [-0.39, 0.29) is 5.69 Å². The number of nitrogens with zero attached hydrogens (tertiary/aromatic N) is 2. The van der Waals surface area contributed by atoms with Gasteiger partial charge in [-0.2, -0.15) is 0 Å². The number of imidazole rings is 1. The summed E-state index contributed by atoms with van der Waals surface area (Å²) in [4.78, 5) is 17.8. The Morgan fingerprint density at radius 2 is 2.33 bits per heavy atom. The van der Waals surface area contributed by atoms with Gasteiger partial charge in [-0.1, -0.05) is 23.8 Å². The van der Waals surface area contributed by atoms with Crippen molar-refractivity contribution in [3.05, 3.63) is 57.1 Å². The summed E-state index contributed by atoms with van der Waals surface area (Å²) in [5, 5.41) is 11.3. The highest BCUT2D eigenvalue weighted by molar-refractivity contribution is 7.80. The first-order valence-corrected chi connectivity index (χ1v) is 5.82. The smallest absolute Gasteiger partial charge is 0.277 e. The Hall–Kier alpha value is -1.79. The van der Waals surface area contributed by atoms with E-state index in [1.54, 1.807) is 12.4 Å². The fourth-order valence-electron chi connectivity index (χ4n) is 1.53. The lowest BCUT2D eigenvalue weighted by molar-refractivity contribution is -0.385. The van der Waals surface area contributed by atoms with Gasteiger partial charge in [0.25, 0.3) is 5.69 Å². The molecule has 2 aromatic rings. The van der Waals surface area contributed by atoms with Crippen LogP contribution in [0.15, 0.2) is 30.6 Å². The quantitative estimate of drug-likeness (QED) is 0.405. The Morgan fingerprint density at radius 3 is 2.94 bits per heavy atom. The number of nitro groups is 1. The molecule has 0 amide bonds. The molecule has 0 unspecified atom stereocenters. The van der Waals surface area contributed by atoms with Crippen LogP contribution in [0.2, 0.25) is 5.02 Å². The van der Waals surface area contributed by atoms with Gasteiger partial charge in [0.05, 0.1) is 10.5 Å². The second kappa shape index (κ2) is 5.24. The van der Waals surface area contributed by atoms with Gasteiger partial charge in [-0.3, -0.25) is 10.1 Å². The number of halogens is 1. The van der Waals surface area contributed by atoms with Crippen LogP contribution in [0.5, 0.6) is 0 Å². The van der Waals surface area contributed by atoms with Crippen LogP contribution in [-0.4, -0.2) is 19.8 Å². The van der Waals surface area contributed by atoms with Gasteiger partial charge < -0.3 is 4.98 Å². The Morgan fingerprint density at radius 1 is 1.56 bits per heavy atom. The maximum absolute atomic E-state index is 10.9. The Bertz CT molecular complexity index is 598. The monoisotopic (exact) mass is 281 g/mol. The lowest BCUT2D eigenvalue weighted by atomic mass is 10.1. The van der Waals surface area contributed by atoms with Crippen molar-refractivity contribution in [2.45, 2.75) is 6.42 Å². The van der Waals surface area contributed by atoms with Crippen molar-refractivity contribution in [2.24, 2.45) is 0 Å². The maximum Gasteiger partial charge on any atom is 0.277 e. The number of thiocarbonyl (C=S) groups is 1. The molecule has 0 saturated carbocycles. The summed E-state index contributed by atoms with van der Waals surface area (Å²) in [6, 6.07) is 4.33. The third-order valence-corrected chi connectivity index (χ3v) is 2.94. The lowest BCUT2D eigenvalue weighted by Gasteiger charge is -2.04. The number of rotatable bonds is 4. The molecule has 1 aromatic carbocycles. The largest absolute Gasteiger partial charge is 0.348 e. The summed E-state index contributed by atoms with van der Waals surface area (Å²) in [6.45, 7) is 0. The highest BCUT2D eigenvalue weighted by Gasteiger charge is 2.18. The number of benzene rings is 1. The molecule has 0 aliphatic rings. The summed E-state index contributed by atoms with van der Waals surface area (Å²) >= 11 is 11.1. The first kappa shape index (κ1) is 12.7. The van der Waals surface area contributed by atoms with Crippen LogP contribution >= 0.6 is 23.8 Å². The molecule has 0 atom stereocenters. The van der Waals surface area contributed by atoms with Gasteiger partial charge in [0.2, 0.25) is 0 Å². The molecule has 0 bridgehead atoms. The van der Waals surface area contributed by atoms with Gasteiger partial charge in [0.1, 0.15) is 5.82 Å². The minimum atomic E-state index is -0.472. The van der Waals surface area contributed by atoms with Crippen molar-refractivity contribution < 1.29 is 4.92 Å². The summed E-state index contributed by atoms with van der Waals surface area (Å²) < 4.78 is 0. The van der Waals surface area contributed by atoms with Gasteiger partial charge in [-0.05, 0) is 12.1 Å². The van der Waals surface area contributed by atoms with Crippen LogP contribution < -0.4 is 0 Å². The second-order valence-corrected chi connectivity index (χ2v) is 4.48. The lowest BCUT2D eigenvalue weighted by Crippen LogP contribution is -2.07. The van der Waals surface area contributed by atoms with Crippen LogP contribution in [0, 0.1) is 10.1 Å². The van der Waals surface area contributed by atoms with Crippen molar-refractivity contribution in [2.75, 3.05) is 0 Å². The fourth-order valence-corrected chi connectivity index (χ4v) is 2.01. The second-order valence-electron chi connectivity index (χ2n) is 3.55. The van der Waals surface area contributed by atoms with E-state index in [0.717, 1.165) is 0 Å². The van der Waals surface area contributed by atoms with E-state index >= 15 is 0 Å². The van der Waals surface area contributed by atoms with Crippen LogP contribution in [0.25, 0.3) is 0 Å². The highest BCUT2D eigenvalue weighted by Crippen LogP contribution is 2.24. The average molecular weight is 282 g/mol. The van der Waals surface area contributed by atoms with Crippen LogP contribution in [0.1, 0.15) is 11.4 Å². The van der Waals surface area contributed by atoms with E-state index in [2.05, 4.69) is 9.97 Å². The van der Waals surface area contributed by atoms with E-state index in [1.807, 2.05) is 0 Å². The molecule has 1 N–H and O–H groups in total. The molecular weight excluding hydrogens is 274 g/mol. The fraction of sp³-hybridized carbons (Fsp3) is 0.0909. The van der Waals surface area contributed by atoms with Crippen molar-refractivity contribution in [1.29, 1.82) is 0 Å². The summed E-state index contributed by atoms with van der Waals surface area (Å²) in [6.07, 6.45) is 3.61. The van der Waals surface area contributed by atoms with Crippen molar-refractivity contribution in [3.63, 3.8) is 0 Å². The normalized spacial score (nSPS) is 10.3. The molecule has 1 aromatic heterocycles. The molecule has 0 spiro atoms. The molecule has 92 valence electrons. The predicted octanol–water partition coefficient (Wildman–Crippen LogP) is 2.93. The van der Waals surface area contributed by atoms with E-state index in [1.165, 1.54) is 18.2 Å². The average Bonchev–Trinajstić information content (AvgIpc) is 2.81. The van der Waals surface area contributed by atoms with Crippen LogP contribution in [0.3, 0.4) is 0 Å². The van der Waals surface area contributed by atoms with Gasteiger partial charge in [-0.25, -0.2) is 4.98 Å². The van der Waals surface area contributed by atoms with Crippen molar-refractivity contribution >= 4 is 34.4 Å². The minimum Gasteiger partial charge on any atom is -0.348 e. The zero-order chi connectivity index (χ0) is 13.1. The Balaban J connectivity index is 2.34. The predicted molar refractivity (Wildman–Crippen MR) is 72.1 cm³/mol. The van der Waals surface area contributed by atoms with Gasteiger partial charge in [-0.15, -0.1) is 0 Å². The molecule has 5 nitrogen and oxygen atoms in total. The van der Waals surface area contributed by atoms with Crippen LogP contribution in [0.4, 0.5) is 5.69 Å². The number of nitrogens with one attached hydrogen (secondary N) is 1. The molecule has 0 fully saturated rings. The maximum atomic E-state index is 10.9. The number of aromatic amines is 1. The van der Waals surface area contributed by atoms with E-state index in [0.29, 0.717) is 27.7 Å². The standard InChI is InChI=1S/C11H8ClN3O2S/c12-7-1-2-9(15(16)17)8(5-7)10(18)6-11-13-3-4-14-11/h1-5H,6H2,(H,13,14). The van der Waals surface area contributed by atoms with E-state index in [9.17, 15) is 10.1 Å². The van der Waals surface area contributed by atoms with Crippen molar-refractivity contribution in [1.82, 2.24) is 9.97 Å². The Kier molecular flexibility index (Phi) is 3.69. The topological polar surface area (TPSA) is 71.8 Å². The summed E-state index contributed by atoms with van der Waals surface area (Å²) in [5.74, 6) is 0.661. The first-order chi connectivity index (χ1) is 8.58.